The van der Waals surface area contributed by atoms with Crippen molar-refractivity contribution in [2.45, 2.75) is 18.8 Å². The first-order valence-electron chi connectivity index (χ1n) is 9.30. The maximum atomic E-state index is 4.85. The third kappa shape index (κ3) is 3.03. The van der Waals surface area contributed by atoms with E-state index in [4.69, 9.17) is 4.98 Å². The topological polar surface area (TPSA) is 70.6 Å². The summed E-state index contributed by atoms with van der Waals surface area (Å²) in [6, 6.07) is 14.3. The van der Waals surface area contributed by atoms with Crippen molar-refractivity contribution in [2.24, 2.45) is 0 Å². The highest BCUT2D eigenvalue weighted by molar-refractivity contribution is 5.87. The van der Waals surface area contributed by atoms with E-state index in [1.807, 2.05) is 42.7 Å². The minimum Gasteiger partial charge on any atom is -0.356 e. The first kappa shape index (κ1) is 15.9. The molecule has 27 heavy (non-hydrogen) atoms. The maximum Gasteiger partial charge on any atom is 0.142 e. The molecule has 0 radical (unpaired) electrons. The average molecular weight is 356 g/mol. The summed E-state index contributed by atoms with van der Waals surface area (Å²) in [5.41, 5.74) is 3.02. The number of hydrogen-bond donors (Lipinski definition) is 1. The molecule has 1 N–H and O–H groups in total. The van der Waals surface area contributed by atoms with Gasteiger partial charge >= 0.3 is 0 Å². The summed E-state index contributed by atoms with van der Waals surface area (Å²) in [4.78, 5) is 23.7. The summed E-state index contributed by atoms with van der Waals surface area (Å²) in [5.74, 6) is 2.35. The molecule has 0 bridgehead atoms. The number of anilines is 1. The number of nitrogens with zero attached hydrogens (tertiary/aromatic N) is 5. The zero-order chi connectivity index (χ0) is 18.1. The number of fused-ring (bicyclic) bond motifs is 1. The minimum absolute atomic E-state index is 0.383. The number of aromatic amines is 1. The molecule has 1 aliphatic heterocycles. The quantitative estimate of drug-likeness (QED) is 0.605. The van der Waals surface area contributed by atoms with Crippen LogP contribution < -0.4 is 4.90 Å². The highest BCUT2D eigenvalue weighted by atomic mass is 15.2. The molecule has 1 aromatic carbocycles. The fourth-order valence-electron chi connectivity index (χ4n) is 3.80. The van der Waals surface area contributed by atoms with Crippen molar-refractivity contribution >= 4 is 16.9 Å². The summed E-state index contributed by atoms with van der Waals surface area (Å²) in [5, 5.41) is 1.08. The van der Waals surface area contributed by atoms with Crippen LogP contribution in [0.15, 0.2) is 61.2 Å². The average Bonchev–Trinajstić information content (AvgIpc) is 3.24. The third-order valence-electron chi connectivity index (χ3n) is 5.24. The highest BCUT2D eigenvalue weighted by Gasteiger charge is 2.25. The molecule has 0 spiro atoms. The van der Waals surface area contributed by atoms with Gasteiger partial charge in [-0.15, -0.1) is 0 Å². The Morgan fingerprint density at radius 2 is 1.78 bits per heavy atom. The molecule has 1 saturated heterocycles. The second-order valence-electron chi connectivity index (χ2n) is 6.86. The molecule has 6 heteroatoms. The fraction of sp³-hybridized carbons (Fsp3) is 0.238. The van der Waals surface area contributed by atoms with Gasteiger partial charge in [-0.2, -0.15) is 0 Å². The summed E-state index contributed by atoms with van der Waals surface area (Å²) in [6.07, 6.45) is 7.47. The second kappa shape index (κ2) is 6.79. The van der Waals surface area contributed by atoms with Crippen LogP contribution >= 0.6 is 0 Å². The number of nitrogens with one attached hydrogen (secondary N) is 1. The lowest BCUT2D eigenvalue weighted by molar-refractivity contribution is 0.484. The van der Waals surface area contributed by atoms with Crippen LogP contribution in [0.3, 0.4) is 0 Å². The smallest absolute Gasteiger partial charge is 0.142 e. The van der Waals surface area contributed by atoms with Gasteiger partial charge in [0.1, 0.15) is 23.6 Å². The van der Waals surface area contributed by atoms with E-state index in [2.05, 4.69) is 37.0 Å². The SMILES string of the molecule is c1ccc(-c2ccnc(C3CCN(c4ncnc5[nH]ccc45)CC3)n2)cc1. The Labute approximate surface area is 157 Å². The standard InChI is InChI=1S/C21H20N6/c1-2-4-15(5-3-1)18-7-11-22-19(26-18)16-8-12-27(13-9-16)21-17-6-10-23-20(17)24-14-25-21/h1-7,10-11,14,16H,8-9,12-13H2,(H,23,24,25). The summed E-state index contributed by atoms with van der Waals surface area (Å²) < 4.78 is 0. The second-order valence-corrected chi connectivity index (χ2v) is 6.86. The van der Waals surface area contributed by atoms with E-state index in [0.29, 0.717) is 5.92 Å². The van der Waals surface area contributed by atoms with Crippen LogP contribution in [0.2, 0.25) is 0 Å². The maximum absolute atomic E-state index is 4.85. The molecule has 0 saturated carbocycles. The molecule has 1 fully saturated rings. The Morgan fingerprint density at radius 3 is 2.63 bits per heavy atom. The Bertz CT molecular complexity index is 1050. The molecule has 1 aliphatic rings. The number of piperidine rings is 1. The predicted octanol–water partition coefficient (Wildman–Crippen LogP) is 3.80. The third-order valence-corrected chi connectivity index (χ3v) is 5.24. The van der Waals surface area contributed by atoms with E-state index in [1.165, 1.54) is 0 Å². The minimum atomic E-state index is 0.383. The lowest BCUT2D eigenvalue weighted by atomic mass is 9.95. The van der Waals surface area contributed by atoms with Crippen molar-refractivity contribution < 1.29 is 0 Å². The van der Waals surface area contributed by atoms with Gasteiger partial charge in [0, 0.05) is 37.0 Å². The van der Waals surface area contributed by atoms with Gasteiger partial charge in [0.2, 0.25) is 0 Å². The highest BCUT2D eigenvalue weighted by Crippen LogP contribution is 2.31. The predicted molar refractivity (Wildman–Crippen MR) is 106 cm³/mol. The summed E-state index contributed by atoms with van der Waals surface area (Å²) in [6.45, 7) is 1.89. The molecule has 4 heterocycles. The van der Waals surface area contributed by atoms with Gasteiger partial charge in [-0.25, -0.2) is 19.9 Å². The van der Waals surface area contributed by atoms with Crippen LogP contribution in [0.1, 0.15) is 24.6 Å². The molecule has 5 rings (SSSR count). The van der Waals surface area contributed by atoms with Crippen LogP contribution in [-0.2, 0) is 0 Å². The lowest BCUT2D eigenvalue weighted by Crippen LogP contribution is -2.34. The molecular weight excluding hydrogens is 336 g/mol. The number of aromatic nitrogens is 5. The van der Waals surface area contributed by atoms with Crippen LogP contribution in [0, 0.1) is 0 Å². The zero-order valence-electron chi connectivity index (χ0n) is 14.9. The van der Waals surface area contributed by atoms with Crippen molar-refractivity contribution in [1.29, 1.82) is 0 Å². The number of rotatable bonds is 3. The van der Waals surface area contributed by atoms with Gasteiger partial charge in [0.25, 0.3) is 0 Å². The molecule has 134 valence electrons. The van der Waals surface area contributed by atoms with Gasteiger partial charge < -0.3 is 9.88 Å². The Morgan fingerprint density at radius 1 is 0.926 bits per heavy atom. The van der Waals surface area contributed by atoms with Crippen molar-refractivity contribution in [3.63, 3.8) is 0 Å². The van der Waals surface area contributed by atoms with Crippen LogP contribution in [0.5, 0.6) is 0 Å². The molecule has 0 aliphatic carbocycles. The van der Waals surface area contributed by atoms with Crippen molar-refractivity contribution in [3.8, 4) is 11.3 Å². The Hall–Kier alpha value is -3.28. The monoisotopic (exact) mass is 356 g/mol. The molecule has 0 amide bonds. The van der Waals surface area contributed by atoms with Gasteiger partial charge in [-0.3, -0.25) is 0 Å². The molecule has 4 aromatic rings. The van der Waals surface area contributed by atoms with E-state index in [9.17, 15) is 0 Å². The number of benzene rings is 1. The van der Waals surface area contributed by atoms with E-state index >= 15 is 0 Å². The van der Waals surface area contributed by atoms with Gasteiger partial charge in [-0.1, -0.05) is 30.3 Å². The van der Waals surface area contributed by atoms with Crippen LogP contribution in [-0.4, -0.2) is 38.0 Å². The first-order valence-corrected chi connectivity index (χ1v) is 9.30. The van der Waals surface area contributed by atoms with E-state index < -0.39 is 0 Å². The normalized spacial score (nSPS) is 15.3. The van der Waals surface area contributed by atoms with Gasteiger partial charge in [-0.05, 0) is 25.0 Å². The zero-order valence-corrected chi connectivity index (χ0v) is 14.9. The lowest BCUT2D eigenvalue weighted by Gasteiger charge is -2.32. The Kier molecular flexibility index (Phi) is 4.01. The van der Waals surface area contributed by atoms with Crippen molar-refractivity contribution in [1.82, 2.24) is 24.9 Å². The van der Waals surface area contributed by atoms with E-state index in [1.54, 1.807) is 6.33 Å². The van der Waals surface area contributed by atoms with Gasteiger partial charge in [0.15, 0.2) is 0 Å². The summed E-state index contributed by atoms with van der Waals surface area (Å²) in [7, 11) is 0. The van der Waals surface area contributed by atoms with Crippen molar-refractivity contribution in [2.75, 3.05) is 18.0 Å². The van der Waals surface area contributed by atoms with Gasteiger partial charge in [0.05, 0.1) is 11.1 Å². The molecule has 3 aromatic heterocycles. The summed E-state index contributed by atoms with van der Waals surface area (Å²) >= 11 is 0. The fourth-order valence-corrected chi connectivity index (χ4v) is 3.80. The van der Waals surface area contributed by atoms with E-state index in [-0.39, 0.29) is 0 Å². The van der Waals surface area contributed by atoms with Crippen LogP contribution in [0.4, 0.5) is 5.82 Å². The molecule has 0 atom stereocenters. The van der Waals surface area contributed by atoms with E-state index in [0.717, 1.165) is 59.9 Å². The number of hydrogen-bond acceptors (Lipinski definition) is 5. The van der Waals surface area contributed by atoms with Crippen molar-refractivity contribution in [3.05, 3.63) is 67.0 Å². The van der Waals surface area contributed by atoms with Crippen LogP contribution in [0.25, 0.3) is 22.3 Å². The number of H-pyrrole nitrogens is 1. The first-order chi connectivity index (χ1) is 13.4. The molecule has 0 unspecified atom stereocenters. The molecular formula is C21H20N6. The largest absolute Gasteiger partial charge is 0.356 e. The molecule has 6 nitrogen and oxygen atoms in total. The Balaban J connectivity index is 1.34.